The van der Waals surface area contributed by atoms with E-state index in [0.29, 0.717) is 5.82 Å². The molecule has 0 fully saturated rings. The van der Waals surface area contributed by atoms with Crippen LogP contribution in [0.15, 0.2) is 200 Å². The Morgan fingerprint density at radius 3 is 1.90 bits per heavy atom. The molecule has 0 N–H and O–H groups in total. The lowest BCUT2D eigenvalue weighted by molar-refractivity contribution is 1.08. The third-order valence-corrected chi connectivity index (χ3v) is 13.4. The first-order valence-electron chi connectivity index (χ1n) is 20.5. The second-order valence-electron chi connectivity index (χ2n) is 15.7. The molecule has 5 nitrogen and oxygen atoms in total. The number of hydrogen-bond donors (Lipinski definition) is 0. The molecule has 0 unspecified atom stereocenters. The van der Waals surface area contributed by atoms with Gasteiger partial charge in [0.25, 0.3) is 0 Å². The van der Waals surface area contributed by atoms with E-state index in [9.17, 15) is 0 Å². The Hall–Kier alpha value is -7.93. The van der Waals surface area contributed by atoms with E-state index in [1.165, 1.54) is 54.1 Å². The van der Waals surface area contributed by atoms with Gasteiger partial charge in [-0.3, -0.25) is 9.55 Å². The highest BCUT2D eigenvalue weighted by Gasteiger charge is 2.22. The van der Waals surface area contributed by atoms with Gasteiger partial charge in [0.1, 0.15) is 0 Å². The van der Waals surface area contributed by atoms with E-state index < -0.39 is 0 Å². The Balaban J connectivity index is 1.08. The molecule has 5 aromatic heterocycles. The molecule has 0 aliphatic carbocycles. The van der Waals surface area contributed by atoms with Gasteiger partial charge in [-0.25, -0.2) is 9.97 Å². The highest BCUT2D eigenvalue weighted by molar-refractivity contribution is 7.22. The van der Waals surface area contributed by atoms with Gasteiger partial charge in [-0.2, -0.15) is 0 Å². The largest absolute Gasteiger partial charge is 0.309 e. The minimum atomic E-state index is 0.671. The van der Waals surface area contributed by atoms with Gasteiger partial charge in [-0.05, 0) is 105 Å². The zero-order valence-corrected chi connectivity index (χ0v) is 33.5. The van der Waals surface area contributed by atoms with Gasteiger partial charge in [-0.1, -0.05) is 121 Å². The topological polar surface area (TPSA) is 48.5 Å². The Bertz CT molecular complexity index is 3860. The Morgan fingerprint density at radius 1 is 0.393 bits per heavy atom. The highest BCUT2D eigenvalue weighted by atomic mass is 32.1. The normalized spacial score (nSPS) is 11.9. The van der Waals surface area contributed by atoms with Crippen molar-refractivity contribution in [1.82, 2.24) is 24.1 Å². The lowest BCUT2D eigenvalue weighted by Crippen LogP contribution is -2.01. The first-order chi connectivity index (χ1) is 30.2. The number of rotatable bonds is 5. The Morgan fingerprint density at radius 2 is 1.07 bits per heavy atom. The van der Waals surface area contributed by atoms with Crippen LogP contribution < -0.4 is 0 Å². The highest BCUT2D eigenvalue weighted by Crippen LogP contribution is 2.43. The van der Waals surface area contributed by atoms with Crippen molar-refractivity contribution in [2.45, 2.75) is 0 Å². The van der Waals surface area contributed by atoms with E-state index >= 15 is 0 Å². The maximum absolute atomic E-state index is 5.43. The molecule has 0 saturated carbocycles. The summed E-state index contributed by atoms with van der Waals surface area (Å²) < 4.78 is 5.82. The number of benzene rings is 8. The van der Waals surface area contributed by atoms with Crippen molar-refractivity contribution < 1.29 is 0 Å². The van der Waals surface area contributed by atoms with Crippen LogP contribution in [0.5, 0.6) is 0 Å². The second-order valence-corrected chi connectivity index (χ2v) is 16.7. The number of nitrogens with zero attached hydrogens (tertiary/aromatic N) is 5. The summed E-state index contributed by atoms with van der Waals surface area (Å²) in [6.07, 6.45) is 3.61. The van der Waals surface area contributed by atoms with Crippen molar-refractivity contribution in [2.24, 2.45) is 0 Å². The van der Waals surface area contributed by atoms with Crippen LogP contribution in [0.4, 0.5) is 0 Å². The van der Waals surface area contributed by atoms with E-state index in [4.69, 9.17) is 9.97 Å². The summed E-state index contributed by atoms with van der Waals surface area (Å²) in [5.74, 6) is 1.54. The SMILES string of the molecule is c1ccc(-c2cc3nc(-c4ccncc4)nc(-n4c5ccc(-c6ccc7c8c9ccccc9ccc8n(-c8ccccc8)c7c6)cc5c5cc6ccccc6cc54)c3s2)cc1. The molecule has 0 bridgehead atoms. The minimum Gasteiger partial charge on any atom is -0.309 e. The average molecular weight is 796 g/mol. The number of thiophene rings is 1. The van der Waals surface area contributed by atoms with Crippen LogP contribution in [0.2, 0.25) is 0 Å². The van der Waals surface area contributed by atoms with Crippen molar-refractivity contribution in [3.63, 3.8) is 0 Å². The number of fused-ring (bicyclic) bond motifs is 10. The van der Waals surface area contributed by atoms with Crippen molar-refractivity contribution >= 4 is 86.7 Å². The molecule has 6 heteroatoms. The van der Waals surface area contributed by atoms with Crippen LogP contribution in [-0.2, 0) is 0 Å². The third-order valence-electron chi connectivity index (χ3n) is 12.2. The number of aromatic nitrogens is 5. The molecule has 0 atom stereocenters. The lowest BCUT2D eigenvalue weighted by Gasteiger charge is -2.11. The third kappa shape index (κ3) is 5.29. The van der Waals surface area contributed by atoms with Gasteiger partial charge in [-0.15, -0.1) is 11.3 Å². The zero-order valence-electron chi connectivity index (χ0n) is 32.7. The van der Waals surface area contributed by atoms with Crippen molar-refractivity contribution in [3.8, 4) is 44.5 Å². The summed E-state index contributed by atoms with van der Waals surface area (Å²) in [6, 6.07) is 67.9. The van der Waals surface area contributed by atoms with Gasteiger partial charge in [0, 0.05) is 50.1 Å². The fourth-order valence-electron chi connectivity index (χ4n) is 9.38. The van der Waals surface area contributed by atoms with E-state index in [1.807, 2.05) is 12.1 Å². The molecular formula is C55H33N5S. The summed E-state index contributed by atoms with van der Waals surface area (Å²) in [4.78, 5) is 16.0. The fraction of sp³-hybridized carbons (Fsp3) is 0. The maximum atomic E-state index is 5.43. The van der Waals surface area contributed by atoms with E-state index in [0.717, 1.165) is 59.9 Å². The smallest absolute Gasteiger partial charge is 0.162 e. The van der Waals surface area contributed by atoms with Crippen LogP contribution in [0.25, 0.3) is 120 Å². The molecule has 0 aliphatic rings. The summed E-state index contributed by atoms with van der Waals surface area (Å²) >= 11 is 1.74. The molecule has 0 aliphatic heterocycles. The monoisotopic (exact) mass is 795 g/mol. The molecule has 0 amide bonds. The van der Waals surface area contributed by atoms with Crippen LogP contribution in [0.1, 0.15) is 0 Å². The minimum absolute atomic E-state index is 0.671. The van der Waals surface area contributed by atoms with E-state index in [2.05, 4.69) is 190 Å². The molecule has 0 radical (unpaired) electrons. The summed E-state index contributed by atoms with van der Waals surface area (Å²) in [5, 5.41) is 9.76. The molecule has 0 saturated heterocycles. The number of para-hydroxylation sites is 1. The first-order valence-corrected chi connectivity index (χ1v) is 21.3. The number of hydrogen-bond acceptors (Lipinski definition) is 4. The molecule has 5 heterocycles. The second kappa shape index (κ2) is 13.3. The molecule has 284 valence electrons. The fourth-order valence-corrected chi connectivity index (χ4v) is 10.5. The van der Waals surface area contributed by atoms with Crippen LogP contribution >= 0.6 is 11.3 Å². The molecular weight excluding hydrogens is 763 g/mol. The first kappa shape index (κ1) is 34.0. The van der Waals surface area contributed by atoms with Crippen molar-refractivity contribution in [1.29, 1.82) is 0 Å². The number of pyridine rings is 1. The molecule has 0 spiro atoms. The van der Waals surface area contributed by atoms with Gasteiger partial charge in [0.2, 0.25) is 0 Å². The van der Waals surface area contributed by atoms with Gasteiger partial charge in [0.15, 0.2) is 11.6 Å². The van der Waals surface area contributed by atoms with E-state index in [-0.39, 0.29) is 0 Å². The maximum Gasteiger partial charge on any atom is 0.162 e. The zero-order chi connectivity index (χ0) is 40.0. The van der Waals surface area contributed by atoms with Crippen LogP contribution in [0.3, 0.4) is 0 Å². The van der Waals surface area contributed by atoms with Gasteiger partial charge < -0.3 is 4.57 Å². The molecule has 13 aromatic rings. The average Bonchev–Trinajstić information content (AvgIpc) is 4.01. The Kier molecular flexibility index (Phi) is 7.41. The molecule has 13 rings (SSSR count). The summed E-state index contributed by atoms with van der Waals surface area (Å²) in [6.45, 7) is 0. The molecule has 61 heavy (non-hydrogen) atoms. The predicted molar refractivity (Wildman–Crippen MR) is 255 cm³/mol. The lowest BCUT2D eigenvalue weighted by atomic mass is 9.99. The quantitative estimate of drug-likeness (QED) is 0.174. The van der Waals surface area contributed by atoms with Crippen molar-refractivity contribution in [2.75, 3.05) is 0 Å². The summed E-state index contributed by atoms with van der Waals surface area (Å²) in [5.41, 5.74) is 11.1. The van der Waals surface area contributed by atoms with Gasteiger partial charge >= 0.3 is 0 Å². The predicted octanol–water partition coefficient (Wildman–Crippen LogP) is 14.6. The van der Waals surface area contributed by atoms with Crippen LogP contribution in [-0.4, -0.2) is 24.1 Å². The Labute approximate surface area is 354 Å². The van der Waals surface area contributed by atoms with E-state index in [1.54, 1.807) is 23.7 Å². The standard InChI is InChI=1S/C55H33N5S/c1-3-12-35(13-4-1)51-33-46-53(61-51)55(58-54(57-46)36-25-27-56-28-26-36)60-47-23-21-39(30-44(47)45-29-37-14-7-8-15-38(37)31-50(45)60)40-19-22-43-49(32-40)59(41-16-5-2-6-17-41)48-24-20-34-11-9-10-18-42(34)52(43)48/h1-33H. The van der Waals surface area contributed by atoms with Gasteiger partial charge in [0.05, 0.1) is 32.3 Å². The van der Waals surface area contributed by atoms with Crippen LogP contribution in [0, 0.1) is 0 Å². The molecule has 8 aromatic carbocycles. The van der Waals surface area contributed by atoms with Crippen molar-refractivity contribution in [3.05, 3.63) is 200 Å². The summed E-state index contributed by atoms with van der Waals surface area (Å²) in [7, 11) is 0.